The fourth-order valence-electron chi connectivity index (χ4n) is 4.52. The van der Waals surface area contributed by atoms with Crippen molar-refractivity contribution < 1.29 is 35.3 Å². The standard InChI is InChI=1S/C23H41O8PS2/c1-5-9-16-32(17-10-6-2,18-11-7-3,19-12-8-4)31-23(24)20-14-13-15-21(33(25,26)27)22(20)34(28,29)30/h13-15H,5-12,16-19H2,1-4H3,(H,25,26,27)(H,28,29,30). The third kappa shape index (κ3) is 7.98. The molecule has 2 N–H and O–H groups in total. The molecule has 34 heavy (non-hydrogen) atoms. The Morgan fingerprint density at radius 1 is 0.765 bits per heavy atom. The molecule has 0 heterocycles. The molecule has 0 saturated heterocycles. The number of unbranched alkanes of at least 4 members (excludes halogenated alkanes) is 4. The summed E-state index contributed by atoms with van der Waals surface area (Å²) >= 11 is 0. The SMILES string of the molecule is CCCCP(CCCC)(CCCC)(CCCC)OC(=O)c1cccc(S(=O)(=O)O)c1S(=O)(=O)O. The van der Waals surface area contributed by atoms with Crippen LogP contribution in [0.4, 0.5) is 0 Å². The Bertz CT molecular complexity index is 992. The fraction of sp³-hybridized carbons (Fsp3) is 0.696. The molecule has 0 unspecified atom stereocenters. The molecule has 1 rings (SSSR count). The van der Waals surface area contributed by atoms with Crippen molar-refractivity contribution >= 4 is 33.0 Å². The number of carbonyl (C=O) groups is 1. The van der Waals surface area contributed by atoms with Crippen LogP contribution in [0, 0.1) is 0 Å². The molecule has 0 atom stereocenters. The van der Waals surface area contributed by atoms with E-state index in [1.165, 1.54) is 0 Å². The molecule has 8 nitrogen and oxygen atoms in total. The summed E-state index contributed by atoms with van der Waals surface area (Å²) in [5.74, 6) is -0.963. The van der Waals surface area contributed by atoms with Gasteiger partial charge in [-0.2, -0.15) is 0 Å². The molecule has 0 spiro atoms. The molecule has 0 aromatic heterocycles. The van der Waals surface area contributed by atoms with Gasteiger partial charge < -0.3 is 0 Å². The van der Waals surface area contributed by atoms with Gasteiger partial charge in [-0.05, 0) is 0 Å². The van der Waals surface area contributed by atoms with Crippen LogP contribution in [-0.2, 0) is 24.8 Å². The van der Waals surface area contributed by atoms with Crippen molar-refractivity contribution in [2.24, 2.45) is 0 Å². The van der Waals surface area contributed by atoms with Gasteiger partial charge in [-0.3, -0.25) is 0 Å². The molecule has 0 saturated carbocycles. The average molecular weight is 541 g/mol. The van der Waals surface area contributed by atoms with Crippen molar-refractivity contribution in [1.29, 1.82) is 0 Å². The Hall–Kier alpha value is -1.06. The van der Waals surface area contributed by atoms with Gasteiger partial charge in [0, 0.05) is 0 Å². The van der Waals surface area contributed by atoms with Gasteiger partial charge in [0.05, 0.1) is 0 Å². The van der Waals surface area contributed by atoms with Gasteiger partial charge >= 0.3 is 206 Å². The molecule has 0 aliphatic rings. The predicted molar refractivity (Wildman–Crippen MR) is 138 cm³/mol. The number of hydrogen-bond acceptors (Lipinski definition) is 6. The molecule has 0 aliphatic carbocycles. The molecule has 1 aromatic carbocycles. The summed E-state index contributed by atoms with van der Waals surface area (Å²) in [6, 6.07) is 3.10. The molecule has 0 aliphatic heterocycles. The Balaban J connectivity index is 3.81. The maximum absolute atomic E-state index is 13.6. The van der Waals surface area contributed by atoms with Crippen LogP contribution in [0.3, 0.4) is 0 Å². The van der Waals surface area contributed by atoms with E-state index in [1.54, 1.807) is 0 Å². The van der Waals surface area contributed by atoms with Gasteiger partial charge in [0.2, 0.25) is 0 Å². The zero-order valence-electron chi connectivity index (χ0n) is 20.8. The van der Waals surface area contributed by atoms with Crippen molar-refractivity contribution in [2.45, 2.75) is 88.9 Å². The zero-order chi connectivity index (χ0) is 26.1. The first-order valence-corrected chi connectivity index (χ1v) is 17.9. The minimum atomic E-state index is -5.16. The molecule has 0 fully saturated rings. The summed E-state index contributed by atoms with van der Waals surface area (Å²) in [6.45, 7) is 5.11. The van der Waals surface area contributed by atoms with E-state index in [-0.39, 0.29) is 0 Å². The first-order chi connectivity index (χ1) is 15.8. The van der Waals surface area contributed by atoms with Crippen LogP contribution in [0.15, 0.2) is 28.0 Å². The molecule has 1 aromatic rings. The zero-order valence-corrected chi connectivity index (χ0v) is 23.4. The van der Waals surface area contributed by atoms with Gasteiger partial charge in [0.1, 0.15) is 0 Å². The van der Waals surface area contributed by atoms with Crippen LogP contribution >= 0.6 is 6.83 Å². The molecule has 11 heteroatoms. The van der Waals surface area contributed by atoms with E-state index in [0.717, 1.165) is 94.2 Å². The second-order valence-corrected chi connectivity index (χ2v) is 17.6. The summed E-state index contributed by atoms with van der Waals surface area (Å²) in [7, 11) is -10.2. The Morgan fingerprint density at radius 2 is 1.18 bits per heavy atom. The number of rotatable bonds is 16. The summed E-state index contributed by atoms with van der Waals surface area (Å²) in [5.41, 5.74) is -0.576. The Labute approximate surface area is 205 Å². The van der Waals surface area contributed by atoms with E-state index in [0.29, 0.717) is 0 Å². The molecule has 0 radical (unpaired) electrons. The van der Waals surface area contributed by atoms with Gasteiger partial charge in [0.15, 0.2) is 0 Å². The normalized spacial score (nSPS) is 13.9. The second kappa shape index (κ2) is 12.8. The summed E-state index contributed by atoms with van der Waals surface area (Å²) in [6.07, 6.45) is 10.00. The van der Waals surface area contributed by atoms with Crippen molar-refractivity contribution in [3.8, 4) is 0 Å². The van der Waals surface area contributed by atoms with E-state index in [2.05, 4.69) is 27.7 Å². The van der Waals surface area contributed by atoms with E-state index in [9.17, 15) is 30.7 Å². The Kier molecular flexibility index (Phi) is 11.6. The predicted octanol–water partition coefficient (Wildman–Crippen LogP) is 6.01. The van der Waals surface area contributed by atoms with Crippen LogP contribution in [0.5, 0.6) is 0 Å². The molecular formula is C23H41O8PS2. The van der Waals surface area contributed by atoms with Crippen LogP contribution in [0.25, 0.3) is 0 Å². The van der Waals surface area contributed by atoms with Gasteiger partial charge in [-0.1, -0.05) is 0 Å². The van der Waals surface area contributed by atoms with Crippen LogP contribution < -0.4 is 0 Å². The average Bonchev–Trinajstić information content (AvgIpc) is 2.77. The monoisotopic (exact) mass is 540 g/mol. The van der Waals surface area contributed by atoms with Gasteiger partial charge in [-0.15, -0.1) is 0 Å². The summed E-state index contributed by atoms with van der Waals surface area (Å²) in [5, 5.41) is 0. The van der Waals surface area contributed by atoms with Crippen molar-refractivity contribution in [1.82, 2.24) is 0 Å². The number of carbonyl (C=O) groups excluding carboxylic acids is 1. The van der Waals surface area contributed by atoms with E-state index in [4.69, 9.17) is 4.52 Å². The van der Waals surface area contributed by atoms with Gasteiger partial charge in [0.25, 0.3) is 0 Å². The summed E-state index contributed by atoms with van der Waals surface area (Å²) < 4.78 is 73.7. The van der Waals surface area contributed by atoms with E-state index < -0.39 is 48.4 Å². The first-order valence-electron chi connectivity index (χ1n) is 12.1. The number of benzene rings is 1. The van der Waals surface area contributed by atoms with Crippen molar-refractivity contribution in [2.75, 3.05) is 24.6 Å². The number of hydrogen-bond donors (Lipinski definition) is 2. The first kappa shape index (κ1) is 31.0. The van der Waals surface area contributed by atoms with E-state index >= 15 is 0 Å². The van der Waals surface area contributed by atoms with E-state index in [1.807, 2.05) is 0 Å². The minimum absolute atomic E-state index is 0.576. The van der Waals surface area contributed by atoms with Crippen molar-refractivity contribution in [3.63, 3.8) is 0 Å². The van der Waals surface area contributed by atoms with Crippen LogP contribution in [-0.4, -0.2) is 56.6 Å². The quantitative estimate of drug-likeness (QED) is 0.192. The third-order valence-electron chi connectivity index (χ3n) is 6.38. The second-order valence-electron chi connectivity index (χ2n) is 9.13. The third-order valence-corrected chi connectivity index (χ3v) is 14.8. The van der Waals surface area contributed by atoms with Gasteiger partial charge in [-0.25, -0.2) is 0 Å². The molecule has 0 amide bonds. The van der Waals surface area contributed by atoms with Crippen LogP contribution in [0.1, 0.15) is 89.4 Å². The summed E-state index contributed by atoms with van der Waals surface area (Å²) in [4.78, 5) is 11.4. The Morgan fingerprint density at radius 3 is 1.50 bits per heavy atom. The maximum atomic E-state index is 13.6. The topological polar surface area (TPSA) is 135 Å². The molecular weight excluding hydrogens is 499 g/mol. The van der Waals surface area contributed by atoms with Crippen molar-refractivity contribution in [3.05, 3.63) is 23.8 Å². The fourth-order valence-corrected chi connectivity index (χ4v) is 13.2. The van der Waals surface area contributed by atoms with Crippen LogP contribution in [0.2, 0.25) is 0 Å². The molecule has 198 valence electrons. The molecule has 0 bridgehead atoms.